The monoisotopic (exact) mass is 334 g/mol. The fourth-order valence-electron chi connectivity index (χ4n) is 3.86. The van der Waals surface area contributed by atoms with Gasteiger partial charge in [0.15, 0.2) is 0 Å². The predicted molar refractivity (Wildman–Crippen MR) is 101 cm³/mol. The molecule has 3 rings (SSSR count). The molecule has 24 heavy (non-hydrogen) atoms. The highest BCUT2D eigenvalue weighted by atomic mass is 16.5. The third-order valence-corrected chi connectivity index (χ3v) is 5.45. The van der Waals surface area contributed by atoms with Crippen molar-refractivity contribution in [2.24, 2.45) is 0 Å². The molecule has 0 saturated carbocycles. The smallest absolute Gasteiger partial charge is 0.127 e. The van der Waals surface area contributed by atoms with Gasteiger partial charge >= 0.3 is 0 Å². The topological polar surface area (TPSA) is 58.7 Å². The molecule has 3 N–H and O–H groups in total. The van der Waals surface area contributed by atoms with Gasteiger partial charge in [0, 0.05) is 37.3 Å². The van der Waals surface area contributed by atoms with E-state index >= 15 is 0 Å². The average Bonchev–Trinajstić information content (AvgIpc) is 2.93. The molecule has 1 saturated heterocycles. The summed E-state index contributed by atoms with van der Waals surface area (Å²) in [6.45, 7) is 15.3. The van der Waals surface area contributed by atoms with Crippen LogP contribution in [-0.4, -0.2) is 41.3 Å². The van der Waals surface area contributed by atoms with Gasteiger partial charge in [-0.3, -0.25) is 4.90 Å². The Morgan fingerprint density at radius 3 is 2.29 bits per heavy atom. The zero-order valence-electron chi connectivity index (χ0n) is 16.2. The molecule has 0 amide bonds. The lowest BCUT2D eigenvalue weighted by Crippen LogP contribution is -2.47. The van der Waals surface area contributed by atoms with Crippen molar-refractivity contribution in [2.75, 3.05) is 25.4 Å². The first kappa shape index (κ1) is 19.1. The third-order valence-electron chi connectivity index (χ3n) is 5.45. The van der Waals surface area contributed by atoms with E-state index in [0.717, 1.165) is 55.9 Å². The highest BCUT2D eigenvalue weighted by Crippen LogP contribution is 2.44. The lowest BCUT2D eigenvalue weighted by Gasteiger charge is -2.35. The van der Waals surface area contributed by atoms with Crippen LogP contribution in [0, 0.1) is 20.8 Å². The van der Waals surface area contributed by atoms with E-state index in [9.17, 15) is 5.11 Å². The van der Waals surface area contributed by atoms with E-state index in [1.54, 1.807) is 0 Å². The van der Waals surface area contributed by atoms with Crippen LogP contribution in [0.3, 0.4) is 0 Å². The normalized spacial score (nSPS) is 24.1. The van der Waals surface area contributed by atoms with Crippen molar-refractivity contribution in [3.05, 3.63) is 22.3 Å². The van der Waals surface area contributed by atoms with E-state index in [1.165, 1.54) is 16.7 Å². The summed E-state index contributed by atoms with van der Waals surface area (Å²) in [5.41, 5.74) is 11.7. The summed E-state index contributed by atoms with van der Waals surface area (Å²) < 4.78 is 6.41. The van der Waals surface area contributed by atoms with Crippen LogP contribution in [0.2, 0.25) is 0 Å². The summed E-state index contributed by atoms with van der Waals surface area (Å²) in [7, 11) is 0. The van der Waals surface area contributed by atoms with Crippen molar-refractivity contribution in [2.45, 2.75) is 72.5 Å². The molecular weight excluding hydrogens is 300 g/mol. The molecule has 0 spiro atoms. The van der Waals surface area contributed by atoms with Crippen molar-refractivity contribution in [1.29, 1.82) is 0 Å². The number of nitrogens with zero attached hydrogens (tertiary/aromatic N) is 1. The highest BCUT2D eigenvalue weighted by molar-refractivity contribution is 5.66. The van der Waals surface area contributed by atoms with E-state index in [1.807, 2.05) is 13.8 Å². The summed E-state index contributed by atoms with van der Waals surface area (Å²) in [5, 5.41) is 9.66. The van der Waals surface area contributed by atoms with Crippen molar-refractivity contribution in [3.8, 4) is 5.75 Å². The number of piperidine rings is 1. The quantitative estimate of drug-likeness (QED) is 0.814. The van der Waals surface area contributed by atoms with Crippen LogP contribution < -0.4 is 10.5 Å². The van der Waals surface area contributed by atoms with Crippen molar-refractivity contribution < 1.29 is 9.84 Å². The maximum Gasteiger partial charge on any atom is 0.127 e. The minimum atomic E-state index is -0.194. The highest BCUT2D eigenvalue weighted by Gasteiger charge is 2.39. The maximum atomic E-state index is 9.66. The van der Waals surface area contributed by atoms with Gasteiger partial charge < -0.3 is 15.6 Å². The molecule has 1 aromatic carbocycles. The largest absolute Gasteiger partial charge is 0.485 e. The van der Waals surface area contributed by atoms with E-state index in [2.05, 4.69) is 32.6 Å². The number of hydrogen-bond donors (Lipinski definition) is 2. The van der Waals surface area contributed by atoms with Crippen LogP contribution in [0.15, 0.2) is 0 Å². The van der Waals surface area contributed by atoms with Gasteiger partial charge in [0.05, 0.1) is 6.10 Å². The van der Waals surface area contributed by atoms with Gasteiger partial charge in [-0.15, -0.1) is 0 Å². The van der Waals surface area contributed by atoms with Crippen LogP contribution >= 0.6 is 0 Å². The third kappa shape index (κ3) is 3.55. The van der Waals surface area contributed by atoms with Crippen LogP contribution in [0.5, 0.6) is 5.75 Å². The molecule has 2 heterocycles. The van der Waals surface area contributed by atoms with Crippen molar-refractivity contribution in [3.63, 3.8) is 0 Å². The molecule has 4 nitrogen and oxygen atoms in total. The molecule has 4 heteroatoms. The Labute approximate surface area is 147 Å². The number of hydrogen-bond acceptors (Lipinski definition) is 4. The van der Waals surface area contributed by atoms with E-state index in [-0.39, 0.29) is 11.7 Å². The molecule has 1 fully saturated rings. The summed E-state index contributed by atoms with van der Waals surface area (Å²) in [4.78, 5) is 2.42. The Bertz CT molecular complexity index is 553. The molecule has 2 aliphatic rings. The maximum absolute atomic E-state index is 9.66. The first-order valence-corrected chi connectivity index (χ1v) is 9.28. The number of likely N-dealkylation sites (tertiary alicyclic amines) is 1. The van der Waals surface area contributed by atoms with Gasteiger partial charge in [0.25, 0.3) is 0 Å². The number of fused-ring (bicyclic) bond motifs is 1. The van der Waals surface area contributed by atoms with E-state index in [4.69, 9.17) is 10.5 Å². The first-order valence-electron chi connectivity index (χ1n) is 9.28. The Morgan fingerprint density at radius 1 is 1.12 bits per heavy atom. The van der Waals surface area contributed by atoms with Gasteiger partial charge in [0.2, 0.25) is 0 Å². The zero-order valence-corrected chi connectivity index (χ0v) is 16.2. The number of benzene rings is 1. The molecule has 136 valence electrons. The summed E-state index contributed by atoms with van der Waals surface area (Å²) in [5.74, 6) is 1.05. The number of nitrogen functional groups attached to an aromatic ring is 1. The molecule has 1 atom stereocenters. The number of ether oxygens (including phenoxy) is 1. The van der Waals surface area contributed by atoms with Gasteiger partial charge in [-0.1, -0.05) is 13.8 Å². The number of anilines is 1. The number of aliphatic hydroxyl groups excluding tert-OH is 1. The van der Waals surface area contributed by atoms with E-state index in [0.29, 0.717) is 0 Å². The first-order chi connectivity index (χ1) is 11.3. The average molecular weight is 335 g/mol. The molecule has 0 bridgehead atoms. The Kier molecular flexibility index (Phi) is 5.82. The van der Waals surface area contributed by atoms with Crippen LogP contribution in [-0.2, 0) is 6.42 Å². The molecule has 0 aliphatic carbocycles. The number of aliphatic hydroxyl groups is 1. The van der Waals surface area contributed by atoms with Gasteiger partial charge in [-0.2, -0.15) is 0 Å². The summed E-state index contributed by atoms with van der Waals surface area (Å²) >= 11 is 0. The summed E-state index contributed by atoms with van der Waals surface area (Å²) in [6.07, 6.45) is 2.52. The molecule has 0 radical (unpaired) electrons. The standard InChI is InChI=1S/C18H28N2O2.C2H6/c1-11-12(2)17-15(13(3)16(11)19)9-18(4,22-17)10-20-7-5-14(21)6-8-20;1-2/h14,21H,5-10,19H2,1-4H3;1-2H3. The van der Waals surface area contributed by atoms with E-state index < -0.39 is 0 Å². The molecule has 1 unspecified atom stereocenters. The number of rotatable bonds is 2. The van der Waals surface area contributed by atoms with Gasteiger partial charge in [-0.05, 0) is 57.2 Å². The molecule has 1 aromatic rings. The Hall–Kier alpha value is -1.26. The fourth-order valence-corrected chi connectivity index (χ4v) is 3.86. The van der Waals surface area contributed by atoms with Crippen LogP contribution in [0.4, 0.5) is 5.69 Å². The second kappa shape index (κ2) is 7.32. The predicted octanol–water partition coefficient (Wildman–Crippen LogP) is 3.37. The van der Waals surface area contributed by atoms with Crippen molar-refractivity contribution >= 4 is 5.69 Å². The molecule has 0 aromatic heterocycles. The lowest BCUT2D eigenvalue weighted by molar-refractivity contribution is 0.0259. The van der Waals surface area contributed by atoms with Crippen molar-refractivity contribution in [1.82, 2.24) is 4.90 Å². The number of nitrogens with two attached hydrogens (primary N) is 1. The van der Waals surface area contributed by atoms with Crippen LogP contribution in [0.1, 0.15) is 55.9 Å². The Balaban J connectivity index is 0.00000100. The Morgan fingerprint density at radius 2 is 1.71 bits per heavy atom. The zero-order chi connectivity index (χ0) is 18.1. The van der Waals surface area contributed by atoms with Gasteiger partial charge in [-0.25, -0.2) is 0 Å². The molecular formula is C20H34N2O2. The van der Waals surface area contributed by atoms with Gasteiger partial charge in [0.1, 0.15) is 11.4 Å². The minimum absolute atomic E-state index is 0.127. The summed E-state index contributed by atoms with van der Waals surface area (Å²) in [6, 6.07) is 0. The SMILES string of the molecule is CC.Cc1c(C)c2c(c(C)c1N)CC(C)(CN1CCC(O)CC1)O2. The second-order valence-electron chi connectivity index (χ2n) is 7.33. The fraction of sp³-hybridized carbons (Fsp3) is 0.700. The second-order valence-corrected chi connectivity index (χ2v) is 7.33. The molecule has 2 aliphatic heterocycles. The minimum Gasteiger partial charge on any atom is -0.485 e. The van der Waals surface area contributed by atoms with Crippen LogP contribution in [0.25, 0.3) is 0 Å². The lowest BCUT2D eigenvalue weighted by atomic mass is 9.91.